The van der Waals surface area contributed by atoms with Crippen molar-refractivity contribution >= 4 is 33.5 Å². The van der Waals surface area contributed by atoms with Gasteiger partial charge >= 0.3 is 0 Å². The largest absolute Gasteiger partial charge is 0.493 e. The first-order valence-corrected chi connectivity index (χ1v) is 7.84. The number of methoxy groups -OCH3 is 2. The van der Waals surface area contributed by atoms with Gasteiger partial charge in [-0.25, -0.2) is 4.39 Å². The summed E-state index contributed by atoms with van der Waals surface area (Å²) in [5.74, 6) is 1.37. The fourth-order valence-electron chi connectivity index (χ4n) is 2.21. The molecule has 0 bridgehead atoms. The maximum Gasteiger partial charge on any atom is 0.166 e. The van der Waals surface area contributed by atoms with E-state index in [0.717, 1.165) is 3.57 Å². The van der Waals surface area contributed by atoms with Crippen LogP contribution in [-0.4, -0.2) is 19.2 Å². The van der Waals surface area contributed by atoms with Crippen LogP contribution in [-0.2, 0) is 0 Å². The van der Waals surface area contributed by atoms with E-state index in [9.17, 15) is 4.39 Å². The summed E-state index contributed by atoms with van der Waals surface area (Å²) in [6.07, 6.45) is 1.61. The molecule has 0 aliphatic heterocycles. The van der Waals surface area contributed by atoms with Crippen molar-refractivity contribution in [2.75, 3.05) is 14.2 Å². The van der Waals surface area contributed by atoms with E-state index >= 15 is 0 Å². The molecule has 118 valence electrons. The molecule has 0 fully saturated rings. The zero-order valence-corrected chi connectivity index (χ0v) is 14.6. The van der Waals surface area contributed by atoms with Crippen LogP contribution in [0.15, 0.2) is 42.6 Å². The van der Waals surface area contributed by atoms with Gasteiger partial charge in [0.15, 0.2) is 23.1 Å². The summed E-state index contributed by atoms with van der Waals surface area (Å²) in [4.78, 5) is 4.29. The molecular formula is C17H13FINO3. The van der Waals surface area contributed by atoms with Gasteiger partial charge in [-0.1, -0.05) is 0 Å². The second-order valence-corrected chi connectivity index (χ2v) is 5.96. The minimum Gasteiger partial charge on any atom is -0.493 e. The van der Waals surface area contributed by atoms with Crippen LogP contribution in [0.25, 0.3) is 10.9 Å². The number of ether oxygens (including phenoxy) is 3. The van der Waals surface area contributed by atoms with Gasteiger partial charge in [0.1, 0.15) is 5.75 Å². The van der Waals surface area contributed by atoms with Crippen LogP contribution in [0.1, 0.15) is 0 Å². The average Bonchev–Trinajstić information content (AvgIpc) is 2.56. The monoisotopic (exact) mass is 425 g/mol. The van der Waals surface area contributed by atoms with Crippen LogP contribution < -0.4 is 14.2 Å². The molecule has 3 rings (SSSR count). The van der Waals surface area contributed by atoms with E-state index in [2.05, 4.69) is 4.98 Å². The smallest absolute Gasteiger partial charge is 0.166 e. The number of halogens is 2. The molecule has 0 amide bonds. The van der Waals surface area contributed by atoms with Crippen molar-refractivity contribution in [2.45, 2.75) is 0 Å². The first kappa shape index (κ1) is 15.8. The van der Waals surface area contributed by atoms with E-state index in [-0.39, 0.29) is 5.75 Å². The zero-order chi connectivity index (χ0) is 16.4. The first-order valence-electron chi connectivity index (χ1n) is 6.76. The standard InChI is InChI=1S/C17H13FINO3/c1-21-16-8-11-13(9-17(16)22-2)20-6-5-14(11)23-15-4-3-10(19)7-12(15)18/h3-9H,1-2H3. The molecule has 1 aromatic heterocycles. The highest BCUT2D eigenvalue weighted by Crippen LogP contribution is 2.37. The van der Waals surface area contributed by atoms with Crippen LogP contribution in [0.5, 0.6) is 23.0 Å². The normalized spacial score (nSPS) is 10.6. The summed E-state index contributed by atoms with van der Waals surface area (Å²) in [6.45, 7) is 0. The van der Waals surface area contributed by atoms with Crippen LogP contribution >= 0.6 is 22.6 Å². The Morgan fingerprint density at radius 1 is 0.913 bits per heavy atom. The van der Waals surface area contributed by atoms with E-state index < -0.39 is 5.82 Å². The highest BCUT2D eigenvalue weighted by Gasteiger charge is 2.12. The maximum absolute atomic E-state index is 14.0. The molecule has 0 atom stereocenters. The lowest BCUT2D eigenvalue weighted by atomic mass is 10.2. The Bertz CT molecular complexity index is 870. The van der Waals surface area contributed by atoms with Gasteiger partial charge in [-0.2, -0.15) is 0 Å². The highest BCUT2D eigenvalue weighted by atomic mass is 127. The molecule has 0 aliphatic rings. The Balaban J connectivity index is 2.10. The number of hydrogen-bond acceptors (Lipinski definition) is 4. The van der Waals surface area contributed by atoms with Crippen molar-refractivity contribution in [3.8, 4) is 23.0 Å². The van der Waals surface area contributed by atoms with Crippen molar-refractivity contribution in [1.29, 1.82) is 0 Å². The third-order valence-corrected chi connectivity index (χ3v) is 3.99. The second-order valence-electron chi connectivity index (χ2n) is 4.71. The van der Waals surface area contributed by atoms with E-state index in [1.54, 1.807) is 50.7 Å². The molecule has 23 heavy (non-hydrogen) atoms. The molecule has 6 heteroatoms. The number of hydrogen-bond donors (Lipinski definition) is 0. The Hall–Kier alpha value is -2.09. The summed E-state index contributed by atoms with van der Waals surface area (Å²) in [6, 6.07) is 10.0. The van der Waals surface area contributed by atoms with E-state index in [0.29, 0.717) is 28.2 Å². The van der Waals surface area contributed by atoms with Gasteiger partial charge in [-0.15, -0.1) is 0 Å². The van der Waals surface area contributed by atoms with Crippen molar-refractivity contribution < 1.29 is 18.6 Å². The average molecular weight is 425 g/mol. The summed E-state index contributed by atoms with van der Waals surface area (Å²) in [7, 11) is 3.12. The molecule has 0 radical (unpaired) electrons. The number of pyridine rings is 1. The molecule has 0 saturated heterocycles. The third kappa shape index (κ3) is 3.17. The number of fused-ring (bicyclic) bond motifs is 1. The quantitative estimate of drug-likeness (QED) is 0.564. The SMILES string of the molecule is COc1cc2nccc(Oc3ccc(I)cc3F)c2cc1OC. The molecule has 2 aromatic carbocycles. The van der Waals surface area contributed by atoms with E-state index in [1.807, 2.05) is 22.6 Å². The molecule has 0 N–H and O–H groups in total. The van der Waals surface area contributed by atoms with Gasteiger partial charge < -0.3 is 14.2 Å². The minimum atomic E-state index is -0.415. The minimum absolute atomic E-state index is 0.160. The number of benzene rings is 2. The van der Waals surface area contributed by atoms with Crippen LogP contribution in [0, 0.1) is 9.39 Å². The topological polar surface area (TPSA) is 40.6 Å². The molecule has 0 spiro atoms. The summed E-state index contributed by atoms with van der Waals surface area (Å²) in [5, 5.41) is 0.711. The van der Waals surface area contributed by atoms with E-state index in [1.165, 1.54) is 6.07 Å². The molecule has 0 saturated carbocycles. The van der Waals surface area contributed by atoms with Gasteiger partial charge in [0, 0.05) is 21.2 Å². The molecule has 1 heterocycles. The Kier molecular flexibility index (Phi) is 4.51. The Labute approximate surface area is 146 Å². The third-order valence-electron chi connectivity index (χ3n) is 3.32. The van der Waals surface area contributed by atoms with Crippen molar-refractivity contribution in [3.05, 3.63) is 52.0 Å². The van der Waals surface area contributed by atoms with Crippen molar-refractivity contribution in [3.63, 3.8) is 0 Å². The summed E-state index contributed by atoms with van der Waals surface area (Å²) < 4.78 is 31.1. The first-order chi connectivity index (χ1) is 11.1. The van der Waals surface area contributed by atoms with Crippen LogP contribution in [0.2, 0.25) is 0 Å². The maximum atomic E-state index is 14.0. The van der Waals surface area contributed by atoms with Gasteiger partial charge in [-0.3, -0.25) is 4.98 Å². The lowest BCUT2D eigenvalue weighted by Crippen LogP contribution is -1.94. The highest BCUT2D eigenvalue weighted by molar-refractivity contribution is 14.1. The van der Waals surface area contributed by atoms with Crippen molar-refractivity contribution in [1.82, 2.24) is 4.98 Å². The van der Waals surface area contributed by atoms with Crippen LogP contribution in [0.3, 0.4) is 0 Å². The van der Waals surface area contributed by atoms with E-state index in [4.69, 9.17) is 14.2 Å². The van der Waals surface area contributed by atoms with Crippen LogP contribution in [0.4, 0.5) is 4.39 Å². The Morgan fingerprint density at radius 3 is 2.35 bits per heavy atom. The summed E-state index contributed by atoms with van der Waals surface area (Å²) >= 11 is 2.05. The Morgan fingerprint density at radius 2 is 1.65 bits per heavy atom. The van der Waals surface area contributed by atoms with Gasteiger partial charge in [0.25, 0.3) is 0 Å². The fraction of sp³-hybridized carbons (Fsp3) is 0.118. The van der Waals surface area contributed by atoms with Gasteiger partial charge in [0.05, 0.1) is 19.7 Å². The molecule has 3 aromatic rings. The number of nitrogens with zero attached hydrogens (tertiary/aromatic N) is 1. The molecule has 4 nitrogen and oxygen atoms in total. The second kappa shape index (κ2) is 6.57. The molecular weight excluding hydrogens is 412 g/mol. The lowest BCUT2D eigenvalue weighted by molar-refractivity contribution is 0.355. The number of rotatable bonds is 4. The predicted octanol–water partition coefficient (Wildman–Crippen LogP) is 4.79. The zero-order valence-electron chi connectivity index (χ0n) is 12.5. The van der Waals surface area contributed by atoms with Gasteiger partial charge in [0.2, 0.25) is 0 Å². The fourth-order valence-corrected chi connectivity index (χ4v) is 2.67. The lowest BCUT2D eigenvalue weighted by Gasteiger charge is -2.12. The molecule has 0 aliphatic carbocycles. The van der Waals surface area contributed by atoms with Gasteiger partial charge in [-0.05, 0) is 52.9 Å². The van der Waals surface area contributed by atoms with Crippen molar-refractivity contribution in [2.24, 2.45) is 0 Å². The number of aromatic nitrogens is 1. The molecule has 0 unspecified atom stereocenters. The summed E-state index contributed by atoms with van der Waals surface area (Å²) in [5.41, 5.74) is 0.672. The predicted molar refractivity (Wildman–Crippen MR) is 94.0 cm³/mol.